The van der Waals surface area contributed by atoms with Gasteiger partial charge in [-0.1, -0.05) is 67.3 Å². The number of carbonyl (C=O) groups excluding carboxylic acids is 2. The van der Waals surface area contributed by atoms with Gasteiger partial charge >= 0.3 is 0 Å². The van der Waals surface area contributed by atoms with Crippen molar-refractivity contribution in [2.75, 3.05) is 45.8 Å². The molecular formula is C32H44N4O2. The third kappa shape index (κ3) is 6.65. The molecule has 0 bridgehead atoms. The van der Waals surface area contributed by atoms with Crippen molar-refractivity contribution in [2.45, 2.75) is 64.0 Å². The van der Waals surface area contributed by atoms with E-state index in [1.54, 1.807) is 0 Å². The summed E-state index contributed by atoms with van der Waals surface area (Å²) < 4.78 is 0. The summed E-state index contributed by atoms with van der Waals surface area (Å²) in [5.41, 5.74) is 3.16. The van der Waals surface area contributed by atoms with Crippen molar-refractivity contribution >= 4 is 11.8 Å². The molecule has 0 aromatic heterocycles. The number of hydrogen-bond donors (Lipinski definition) is 1. The molecule has 204 valence electrons. The summed E-state index contributed by atoms with van der Waals surface area (Å²) in [4.78, 5) is 34.1. The van der Waals surface area contributed by atoms with Crippen molar-refractivity contribution in [2.24, 2.45) is 5.92 Å². The molecule has 2 amide bonds. The van der Waals surface area contributed by atoms with E-state index in [0.717, 1.165) is 44.6 Å². The molecule has 1 saturated carbocycles. The number of benzene rings is 2. The molecule has 6 heteroatoms. The summed E-state index contributed by atoms with van der Waals surface area (Å²) in [6.45, 7) is 7.75. The van der Waals surface area contributed by atoms with E-state index in [1.165, 1.54) is 37.7 Å². The molecule has 3 fully saturated rings. The SMILES string of the molecule is Cc1ccc(C(=O)N2CC(N(CCc3ccccc3)CC3CCCCC3)CC2C(=O)N2CCNCC2)cc1. The highest BCUT2D eigenvalue weighted by molar-refractivity contribution is 5.98. The Kier molecular flexibility index (Phi) is 9.13. The maximum Gasteiger partial charge on any atom is 0.254 e. The third-order valence-electron chi connectivity index (χ3n) is 8.82. The Balaban J connectivity index is 1.37. The van der Waals surface area contributed by atoms with Crippen LogP contribution < -0.4 is 5.32 Å². The van der Waals surface area contributed by atoms with Gasteiger partial charge in [0.25, 0.3) is 5.91 Å². The Bertz CT molecular complexity index is 1040. The number of piperazine rings is 1. The summed E-state index contributed by atoms with van der Waals surface area (Å²) >= 11 is 0. The fourth-order valence-electron chi connectivity index (χ4n) is 6.54. The van der Waals surface area contributed by atoms with E-state index in [4.69, 9.17) is 0 Å². The third-order valence-corrected chi connectivity index (χ3v) is 8.82. The van der Waals surface area contributed by atoms with Crippen molar-refractivity contribution in [3.63, 3.8) is 0 Å². The molecule has 1 aliphatic carbocycles. The quantitative estimate of drug-likeness (QED) is 0.573. The Morgan fingerprint density at radius 3 is 2.37 bits per heavy atom. The Hall–Kier alpha value is -2.70. The minimum atomic E-state index is -0.391. The van der Waals surface area contributed by atoms with E-state index in [0.29, 0.717) is 31.1 Å². The first-order valence-corrected chi connectivity index (χ1v) is 14.7. The van der Waals surface area contributed by atoms with Crippen molar-refractivity contribution in [3.8, 4) is 0 Å². The van der Waals surface area contributed by atoms with Crippen LogP contribution in [0.4, 0.5) is 0 Å². The van der Waals surface area contributed by atoms with E-state index in [-0.39, 0.29) is 17.9 Å². The molecule has 2 aromatic rings. The van der Waals surface area contributed by atoms with Gasteiger partial charge in [0.15, 0.2) is 0 Å². The molecule has 2 saturated heterocycles. The zero-order valence-corrected chi connectivity index (χ0v) is 23.0. The van der Waals surface area contributed by atoms with Gasteiger partial charge < -0.3 is 15.1 Å². The van der Waals surface area contributed by atoms with Gasteiger partial charge in [0.05, 0.1) is 0 Å². The van der Waals surface area contributed by atoms with E-state index in [9.17, 15) is 9.59 Å². The molecule has 2 aliphatic heterocycles. The number of rotatable bonds is 8. The average Bonchev–Trinajstić information content (AvgIpc) is 3.42. The van der Waals surface area contributed by atoms with Crippen LogP contribution in [0.5, 0.6) is 0 Å². The zero-order chi connectivity index (χ0) is 26.3. The standard InChI is InChI=1S/C32H44N4O2/c1-25-12-14-28(15-13-25)31(37)36-24-29(22-30(36)32(38)34-20-17-33-18-21-34)35(23-27-10-6-3-7-11-27)19-16-26-8-4-2-5-9-26/h2,4-5,8-9,12-15,27,29-30,33H,3,6-7,10-11,16-24H2,1H3. The minimum Gasteiger partial charge on any atom is -0.338 e. The van der Waals surface area contributed by atoms with Gasteiger partial charge in [0.2, 0.25) is 5.91 Å². The van der Waals surface area contributed by atoms with Crippen molar-refractivity contribution in [1.29, 1.82) is 0 Å². The normalized spacial score (nSPS) is 22.7. The number of hydrogen-bond acceptors (Lipinski definition) is 4. The second-order valence-electron chi connectivity index (χ2n) is 11.5. The summed E-state index contributed by atoms with van der Waals surface area (Å²) in [6, 6.07) is 18.3. The Morgan fingerprint density at radius 2 is 1.66 bits per heavy atom. The fraction of sp³-hybridized carbons (Fsp3) is 0.562. The second-order valence-corrected chi connectivity index (χ2v) is 11.5. The van der Waals surface area contributed by atoms with Gasteiger partial charge in [-0.05, 0) is 56.2 Å². The van der Waals surface area contributed by atoms with Crippen LogP contribution in [0, 0.1) is 12.8 Å². The molecule has 0 radical (unpaired) electrons. The molecule has 2 atom stereocenters. The number of nitrogens with one attached hydrogen (secondary N) is 1. The smallest absolute Gasteiger partial charge is 0.254 e. The highest BCUT2D eigenvalue weighted by Gasteiger charge is 2.43. The lowest BCUT2D eigenvalue weighted by Crippen LogP contribution is -2.53. The van der Waals surface area contributed by atoms with Crippen LogP contribution in [-0.2, 0) is 11.2 Å². The summed E-state index contributed by atoms with van der Waals surface area (Å²) in [6.07, 6.45) is 8.31. The van der Waals surface area contributed by atoms with Crippen LogP contribution in [0.1, 0.15) is 60.0 Å². The molecule has 2 aromatic carbocycles. The number of nitrogens with zero attached hydrogens (tertiary/aromatic N) is 3. The van der Waals surface area contributed by atoms with Gasteiger partial charge in [0, 0.05) is 57.4 Å². The first kappa shape index (κ1) is 26.9. The lowest BCUT2D eigenvalue weighted by molar-refractivity contribution is -0.135. The molecule has 38 heavy (non-hydrogen) atoms. The molecule has 0 spiro atoms. The first-order valence-electron chi connectivity index (χ1n) is 14.7. The van der Waals surface area contributed by atoms with Crippen LogP contribution in [0.25, 0.3) is 0 Å². The largest absolute Gasteiger partial charge is 0.338 e. The maximum absolute atomic E-state index is 13.8. The summed E-state index contributed by atoms with van der Waals surface area (Å²) in [5.74, 6) is 0.820. The van der Waals surface area contributed by atoms with Crippen molar-refractivity contribution in [3.05, 3.63) is 71.3 Å². The highest BCUT2D eigenvalue weighted by Crippen LogP contribution is 2.30. The number of likely N-dealkylation sites (tertiary alicyclic amines) is 1. The molecule has 3 aliphatic rings. The maximum atomic E-state index is 13.8. The van der Waals surface area contributed by atoms with Crippen LogP contribution in [0.2, 0.25) is 0 Å². The van der Waals surface area contributed by atoms with Crippen LogP contribution in [0.3, 0.4) is 0 Å². The molecule has 5 rings (SSSR count). The van der Waals surface area contributed by atoms with Gasteiger partial charge in [-0.25, -0.2) is 0 Å². The average molecular weight is 517 g/mol. The van der Waals surface area contributed by atoms with Gasteiger partial charge in [-0.2, -0.15) is 0 Å². The van der Waals surface area contributed by atoms with Gasteiger partial charge in [-0.15, -0.1) is 0 Å². The van der Waals surface area contributed by atoms with Crippen molar-refractivity contribution < 1.29 is 9.59 Å². The lowest BCUT2D eigenvalue weighted by Gasteiger charge is -2.34. The summed E-state index contributed by atoms with van der Waals surface area (Å²) in [5, 5.41) is 3.35. The lowest BCUT2D eigenvalue weighted by atomic mass is 9.88. The predicted octanol–water partition coefficient (Wildman–Crippen LogP) is 4.13. The number of carbonyl (C=O) groups is 2. The fourth-order valence-corrected chi connectivity index (χ4v) is 6.54. The molecule has 2 unspecified atom stereocenters. The predicted molar refractivity (Wildman–Crippen MR) is 152 cm³/mol. The number of aryl methyl sites for hydroxylation is 1. The Morgan fingerprint density at radius 1 is 0.947 bits per heavy atom. The first-order chi connectivity index (χ1) is 18.6. The highest BCUT2D eigenvalue weighted by atomic mass is 16.2. The van der Waals surface area contributed by atoms with Gasteiger partial charge in [0.1, 0.15) is 6.04 Å². The van der Waals surface area contributed by atoms with E-state index < -0.39 is 6.04 Å². The van der Waals surface area contributed by atoms with Gasteiger partial charge in [-0.3, -0.25) is 14.5 Å². The van der Waals surface area contributed by atoms with Crippen LogP contribution in [-0.4, -0.2) is 84.4 Å². The van der Waals surface area contributed by atoms with E-state index in [1.807, 2.05) is 41.0 Å². The molecular weight excluding hydrogens is 472 g/mol. The second kappa shape index (κ2) is 12.9. The Labute approximate surface area is 228 Å². The molecule has 1 N–H and O–H groups in total. The molecule has 2 heterocycles. The topological polar surface area (TPSA) is 55.9 Å². The van der Waals surface area contributed by atoms with Crippen LogP contribution >= 0.6 is 0 Å². The zero-order valence-electron chi connectivity index (χ0n) is 23.0. The molecule has 6 nitrogen and oxygen atoms in total. The minimum absolute atomic E-state index is 0.0124. The van der Waals surface area contributed by atoms with Crippen molar-refractivity contribution in [1.82, 2.24) is 20.0 Å². The van der Waals surface area contributed by atoms with Crippen LogP contribution in [0.15, 0.2) is 54.6 Å². The monoisotopic (exact) mass is 516 g/mol. The van der Waals surface area contributed by atoms with E-state index >= 15 is 0 Å². The van der Waals surface area contributed by atoms with E-state index in [2.05, 4.69) is 40.5 Å². The summed E-state index contributed by atoms with van der Waals surface area (Å²) in [7, 11) is 0. The number of amides is 2.